The van der Waals surface area contributed by atoms with Gasteiger partial charge in [-0.3, -0.25) is 24.1 Å². The largest absolute Gasteiger partial charge is 0.395 e. The van der Waals surface area contributed by atoms with E-state index in [0.29, 0.717) is 23.4 Å². The molecule has 3 heterocycles. The van der Waals surface area contributed by atoms with Gasteiger partial charge in [-0.25, -0.2) is 0 Å². The SMILES string of the molecule is Cc1ccc(Cn2cc(C(=O)NC3=CCC(=O)C(c4cc5cc(CN6CCN(CCO)CC6)ccc5[nH]4)=C3)cn2)cc1. The van der Waals surface area contributed by atoms with Crippen molar-refractivity contribution in [3.63, 3.8) is 0 Å². The lowest BCUT2D eigenvalue weighted by molar-refractivity contribution is -0.113. The van der Waals surface area contributed by atoms with Gasteiger partial charge in [-0.05, 0) is 42.3 Å². The van der Waals surface area contributed by atoms with E-state index in [4.69, 9.17) is 0 Å². The number of hydrogen-bond donors (Lipinski definition) is 3. The molecule has 3 N–H and O–H groups in total. The van der Waals surface area contributed by atoms with Crippen molar-refractivity contribution in [3.8, 4) is 0 Å². The predicted octanol–water partition coefficient (Wildman–Crippen LogP) is 3.50. The Morgan fingerprint density at radius 3 is 2.55 bits per heavy atom. The second kappa shape index (κ2) is 12.3. The topological polar surface area (TPSA) is 106 Å². The summed E-state index contributed by atoms with van der Waals surface area (Å²) in [4.78, 5) is 34.0. The molecule has 0 atom stereocenters. The molecule has 6 rings (SSSR count). The zero-order valence-electron chi connectivity index (χ0n) is 23.8. The lowest BCUT2D eigenvalue weighted by Gasteiger charge is -2.34. The van der Waals surface area contributed by atoms with Crippen LogP contribution in [0.5, 0.6) is 0 Å². The van der Waals surface area contributed by atoms with Crippen LogP contribution in [0.2, 0.25) is 0 Å². The number of fused-ring (bicyclic) bond motifs is 1. The third-order valence-electron chi connectivity index (χ3n) is 7.99. The summed E-state index contributed by atoms with van der Waals surface area (Å²) >= 11 is 0. The van der Waals surface area contributed by atoms with E-state index in [1.807, 2.05) is 13.0 Å². The summed E-state index contributed by atoms with van der Waals surface area (Å²) < 4.78 is 1.75. The Balaban J connectivity index is 1.11. The van der Waals surface area contributed by atoms with Crippen molar-refractivity contribution in [2.75, 3.05) is 39.3 Å². The minimum Gasteiger partial charge on any atom is -0.395 e. The van der Waals surface area contributed by atoms with Gasteiger partial charge < -0.3 is 15.4 Å². The fourth-order valence-electron chi connectivity index (χ4n) is 5.57. The van der Waals surface area contributed by atoms with Crippen LogP contribution in [0.3, 0.4) is 0 Å². The molecule has 9 nitrogen and oxygen atoms in total. The van der Waals surface area contributed by atoms with Crippen LogP contribution in [0, 0.1) is 6.92 Å². The standard InChI is InChI=1S/C33H36N6O3/c1-23-2-4-24(5-3-23)21-39-22-27(19-34-39)33(42)35-28-7-9-32(41)29(18-28)31-17-26-16-25(6-8-30(26)36-31)20-38-12-10-37(11-13-38)14-15-40/h2-8,16-19,22,36,40H,9-15,20-21H2,1H3,(H,35,42). The lowest BCUT2D eigenvalue weighted by atomic mass is 9.98. The quantitative estimate of drug-likeness (QED) is 0.287. The number of H-pyrrole nitrogens is 1. The summed E-state index contributed by atoms with van der Waals surface area (Å²) in [6, 6.07) is 16.6. The molecule has 9 heteroatoms. The number of aromatic amines is 1. The van der Waals surface area contributed by atoms with Crippen LogP contribution in [0.15, 0.2) is 78.8 Å². The number of nitrogens with zero attached hydrogens (tertiary/aromatic N) is 4. The highest BCUT2D eigenvalue weighted by Crippen LogP contribution is 2.27. The summed E-state index contributed by atoms with van der Waals surface area (Å²) in [7, 11) is 0. The molecule has 1 saturated heterocycles. The van der Waals surface area contributed by atoms with E-state index < -0.39 is 0 Å². The van der Waals surface area contributed by atoms with E-state index in [9.17, 15) is 14.7 Å². The zero-order chi connectivity index (χ0) is 29.1. The van der Waals surface area contributed by atoms with Crippen LogP contribution in [-0.2, 0) is 17.9 Å². The van der Waals surface area contributed by atoms with E-state index in [1.165, 1.54) is 11.1 Å². The Hall–Kier alpha value is -4.31. The fourth-order valence-corrected chi connectivity index (χ4v) is 5.57. The Morgan fingerprint density at radius 1 is 1.00 bits per heavy atom. The Labute approximate surface area is 245 Å². The average molecular weight is 565 g/mol. The van der Waals surface area contributed by atoms with E-state index in [-0.39, 0.29) is 24.7 Å². The fraction of sp³-hybridized carbons (Fsp3) is 0.303. The molecule has 2 aromatic carbocycles. The van der Waals surface area contributed by atoms with Crippen molar-refractivity contribution in [1.29, 1.82) is 0 Å². The number of aliphatic hydroxyl groups excluding tert-OH is 1. The van der Waals surface area contributed by atoms with Crippen LogP contribution >= 0.6 is 0 Å². The number of ketones is 1. The van der Waals surface area contributed by atoms with Crippen molar-refractivity contribution in [1.82, 2.24) is 29.9 Å². The molecule has 1 fully saturated rings. The van der Waals surface area contributed by atoms with Gasteiger partial charge in [-0.1, -0.05) is 42.0 Å². The smallest absolute Gasteiger partial charge is 0.258 e. The Bertz CT molecular complexity index is 1650. The van der Waals surface area contributed by atoms with E-state index in [1.54, 1.807) is 29.2 Å². The molecule has 2 aliphatic rings. The van der Waals surface area contributed by atoms with Crippen LogP contribution in [0.1, 0.15) is 39.2 Å². The first-order valence-electron chi connectivity index (χ1n) is 14.5. The number of aryl methyl sites for hydroxylation is 1. The molecular weight excluding hydrogens is 528 g/mol. The highest BCUT2D eigenvalue weighted by Gasteiger charge is 2.21. The molecule has 1 amide bonds. The molecule has 1 aliphatic heterocycles. The molecule has 0 unspecified atom stereocenters. The van der Waals surface area contributed by atoms with Crippen molar-refractivity contribution < 1.29 is 14.7 Å². The number of nitrogens with one attached hydrogen (secondary N) is 2. The monoisotopic (exact) mass is 564 g/mol. The number of carbonyl (C=O) groups excluding carboxylic acids is 2. The van der Waals surface area contributed by atoms with Crippen molar-refractivity contribution in [2.45, 2.75) is 26.4 Å². The molecule has 0 spiro atoms. The average Bonchev–Trinajstić information content (AvgIpc) is 3.63. The maximum atomic E-state index is 13.0. The van der Waals surface area contributed by atoms with Gasteiger partial charge in [0.25, 0.3) is 5.91 Å². The molecule has 0 bridgehead atoms. The zero-order valence-corrected chi connectivity index (χ0v) is 23.8. The summed E-state index contributed by atoms with van der Waals surface area (Å²) in [5.41, 5.74) is 6.86. The molecular formula is C33H36N6O3. The molecule has 216 valence electrons. The van der Waals surface area contributed by atoms with Gasteiger partial charge >= 0.3 is 0 Å². The van der Waals surface area contributed by atoms with Crippen LogP contribution < -0.4 is 5.32 Å². The highest BCUT2D eigenvalue weighted by atomic mass is 16.3. The number of Topliss-reactive ketones (excluding diaryl/α,β-unsaturated/α-hetero) is 1. The first-order chi connectivity index (χ1) is 20.4. The van der Waals surface area contributed by atoms with E-state index >= 15 is 0 Å². The lowest BCUT2D eigenvalue weighted by Crippen LogP contribution is -2.46. The number of aliphatic hydroxyl groups is 1. The number of allylic oxidation sites excluding steroid dienone is 3. The molecule has 0 radical (unpaired) electrons. The molecule has 2 aromatic heterocycles. The third kappa shape index (κ3) is 6.44. The van der Waals surface area contributed by atoms with Crippen molar-refractivity contribution >= 4 is 28.2 Å². The second-order valence-electron chi connectivity index (χ2n) is 11.2. The normalized spacial score (nSPS) is 16.5. The number of amides is 1. The third-order valence-corrected chi connectivity index (χ3v) is 7.99. The number of hydrogen-bond acceptors (Lipinski definition) is 6. The van der Waals surface area contributed by atoms with Crippen molar-refractivity contribution in [3.05, 3.63) is 107 Å². The molecule has 0 saturated carbocycles. The van der Waals surface area contributed by atoms with E-state index in [0.717, 1.165) is 61.4 Å². The Morgan fingerprint density at radius 2 is 1.76 bits per heavy atom. The predicted molar refractivity (Wildman–Crippen MR) is 163 cm³/mol. The first-order valence-corrected chi connectivity index (χ1v) is 14.5. The van der Waals surface area contributed by atoms with Gasteiger partial charge in [0.15, 0.2) is 5.78 Å². The molecule has 4 aromatic rings. The van der Waals surface area contributed by atoms with Gasteiger partial charge in [0.1, 0.15) is 0 Å². The number of β-amino-alcohol motifs (C(OH)–C–C–N with tert-alkyl or cyclic N) is 1. The minimum atomic E-state index is -0.264. The number of carbonyl (C=O) groups is 2. The van der Waals surface area contributed by atoms with Crippen molar-refractivity contribution in [2.24, 2.45) is 0 Å². The van der Waals surface area contributed by atoms with Crippen LogP contribution in [0.4, 0.5) is 0 Å². The van der Waals surface area contributed by atoms with Gasteiger partial charge in [0, 0.05) is 74.1 Å². The first kappa shape index (κ1) is 27.8. The van der Waals surface area contributed by atoms with Gasteiger partial charge in [0.05, 0.1) is 30.6 Å². The summed E-state index contributed by atoms with van der Waals surface area (Å²) in [5.74, 6) is -0.258. The summed E-state index contributed by atoms with van der Waals surface area (Å²) in [6.07, 6.45) is 7.02. The number of benzene rings is 2. The number of piperazine rings is 1. The van der Waals surface area contributed by atoms with Gasteiger partial charge in [0.2, 0.25) is 0 Å². The summed E-state index contributed by atoms with van der Waals surface area (Å²) in [5, 5.41) is 17.5. The maximum Gasteiger partial charge on any atom is 0.258 e. The summed E-state index contributed by atoms with van der Waals surface area (Å²) in [6.45, 7) is 8.33. The second-order valence-corrected chi connectivity index (χ2v) is 11.2. The molecule has 1 aliphatic carbocycles. The number of aromatic nitrogens is 3. The van der Waals surface area contributed by atoms with Crippen LogP contribution in [-0.4, -0.2) is 80.7 Å². The molecule has 42 heavy (non-hydrogen) atoms. The van der Waals surface area contributed by atoms with Gasteiger partial charge in [-0.2, -0.15) is 5.10 Å². The van der Waals surface area contributed by atoms with E-state index in [2.05, 4.69) is 67.7 Å². The minimum absolute atomic E-state index is 0.00597. The number of rotatable bonds is 9. The maximum absolute atomic E-state index is 13.0. The Kier molecular flexibility index (Phi) is 8.14. The van der Waals surface area contributed by atoms with Crippen LogP contribution in [0.25, 0.3) is 16.5 Å². The highest BCUT2D eigenvalue weighted by molar-refractivity contribution is 6.23. The van der Waals surface area contributed by atoms with Gasteiger partial charge in [-0.15, -0.1) is 0 Å².